The third kappa shape index (κ3) is 4.67. The number of aryl methyl sites for hydroxylation is 2. The van der Waals surface area contributed by atoms with E-state index in [1.165, 1.54) is 0 Å². The van der Waals surface area contributed by atoms with E-state index >= 15 is 0 Å². The molecule has 0 spiro atoms. The summed E-state index contributed by atoms with van der Waals surface area (Å²) in [6.45, 7) is 9.08. The average molecular weight is 506 g/mol. The van der Waals surface area contributed by atoms with Crippen LogP contribution in [0.3, 0.4) is 0 Å². The average Bonchev–Trinajstić information content (AvgIpc) is 3.05. The van der Waals surface area contributed by atoms with E-state index in [1.807, 2.05) is 32.0 Å². The van der Waals surface area contributed by atoms with Gasteiger partial charge in [-0.3, -0.25) is 4.79 Å². The molecule has 6 nitrogen and oxygen atoms in total. The Labute approximate surface area is 212 Å². The topological polar surface area (TPSA) is 80.8 Å². The summed E-state index contributed by atoms with van der Waals surface area (Å²) in [4.78, 5) is 28.9. The third-order valence-corrected chi connectivity index (χ3v) is 8.04. The fraction of sp³-hybridized carbons (Fsp3) is 0.310. The first-order valence-corrected chi connectivity index (χ1v) is 13.5. The molecule has 0 unspecified atom stereocenters. The maximum absolute atomic E-state index is 14.3. The highest BCUT2D eigenvalue weighted by molar-refractivity contribution is 7.91. The van der Waals surface area contributed by atoms with Gasteiger partial charge in [0.25, 0.3) is 5.91 Å². The molecule has 3 aromatic rings. The number of para-hydroxylation sites is 1. The highest BCUT2D eigenvalue weighted by Crippen LogP contribution is 2.49. The van der Waals surface area contributed by atoms with Gasteiger partial charge in [0.15, 0.2) is 9.84 Å². The van der Waals surface area contributed by atoms with Gasteiger partial charge < -0.3 is 4.74 Å². The summed E-state index contributed by atoms with van der Waals surface area (Å²) < 4.78 is 32.2. The first-order valence-electron chi connectivity index (χ1n) is 11.9. The second-order valence-electron chi connectivity index (χ2n) is 10.3. The Morgan fingerprint density at radius 3 is 2.11 bits per heavy atom. The lowest BCUT2D eigenvalue weighted by Gasteiger charge is -2.30. The lowest BCUT2D eigenvalue weighted by molar-refractivity contribution is -0.121. The molecule has 0 fully saturated rings. The van der Waals surface area contributed by atoms with Crippen molar-refractivity contribution in [2.75, 3.05) is 10.7 Å². The number of rotatable bonds is 5. The highest BCUT2D eigenvalue weighted by Gasteiger charge is 2.55. The summed E-state index contributed by atoms with van der Waals surface area (Å²) in [5.41, 5.74) is 1.36. The second-order valence-corrected chi connectivity index (χ2v) is 12.4. The summed E-state index contributed by atoms with van der Waals surface area (Å²) in [6, 6.07) is 21.0. The fourth-order valence-corrected chi connectivity index (χ4v) is 6.24. The van der Waals surface area contributed by atoms with Crippen molar-refractivity contribution in [1.29, 1.82) is 0 Å². The lowest BCUT2D eigenvalue weighted by Crippen LogP contribution is -2.46. The van der Waals surface area contributed by atoms with E-state index in [-0.39, 0.29) is 17.1 Å². The van der Waals surface area contributed by atoms with E-state index in [0.29, 0.717) is 16.8 Å². The quantitative estimate of drug-likeness (QED) is 0.442. The van der Waals surface area contributed by atoms with Crippen LogP contribution in [0.5, 0.6) is 0 Å². The van der Waals surface area contributed by atoms with E-state index in [0.717, 1.165) is 16.0 Å². The number of ether oxygens (including phenoxy) is 1. The van der Waals surface area contributed by atoms with Gasteiger partial charge in [-0.15, -0.1) is 0 Å². The molecule has 4 rings (SSSR count). The minimum atomic E-state index is -3.69. The van der Waals surface area contributed by atoms with E-state index in [1.54, 1.807) is 75.4 Å². The van der Waals surface area contributed by atoms with Gasteiger partial charge in [0, 0.05) is 0 Å². The van der Waals surface area contributed by atoms with E-state index in [2.05, 4.69) is 0 Å². The number of imide groups is 1. The molecule has 1 aliphatic rings. The minimum Gasteiger partial charge on any atom is -0.443 e. The number of carbonyl (C=O) groups is 2. The van der Waals surface area contributed by atoms with Gasteiger partial charge in [-0.25, -0.2) is 18.1 Å². The molecule has 188 valence electrons. The molecule has 0 saturated carbocycles. The predicted molar refractivity (Wildman–Crippen MR) is 140 cm³/mol. The third-order valence-electron chi connectivity index (χ3n) is 6.31. The molecule has 1 heterocycles. The zero-order chi connectivity index (χ0) is 26.3. The predicted octanol–water partition coefficient (Wildman–Crippen LogP) is 5.74. The first kappa shape index (κ1) is 25.6. The van der Waals surface area contributed by atoms with Crippen molar-refractivity contribution < 1.29 is 22.7 Å². The maximum atomic E-state index is 14.3. The monoisotopic (exact) mass is 505 g/mol. The number of benzene rings is 3. The number of hydrogen-bond donors (Lipinski definition) is 0. The van der Waals surface area contributed by atoms with Gasteiger partial charge in [-0.05, 0) is 70.4 Å². The van der Waals surface area contributed by atoms with Gasteiger partial charge in [0.05, 0.1) is 16.3 Å². The molecule has 36 heavy (non-hydrogen) atoms. The summed E-state index contributed by atoms with van der Waals surface area (Å²) in [5.74, 6) is -0.780. The normalized spacial score (nSPS) is 17.7. The first-order chi connectivity index (χ1) is 16.8. The van der Waals surface area contributed by atoms with Crippen LogP contribution in [-0.4, -0.2) is 31.8 Å². The Balaban J connectivity index is 1.90. The van der Waals surface area contributed by atoms with Crippen LogP contribution in [0.25, 0.3) is 0 Å². The summed E-state index contributed by atoms with van der Waals surface area (Å²) in [7, 11) is -3.69. The zero-order valence-corrected chi connectivity index (χ0v) is 22.1. The molecule has 3 aromatic carbocycles. The number of carbonyl (C=O) groups excluding carboxylic acids is 2. The van der Waals surface area contributed by atoms with Gasteiger partial charge in [0.2, 0.25) is 0 Å². The Kier molecular flexibility index (Phi) is 6.56. The molecule has 1 aliphatic heterocycles. The van der Waals surface area contributed by atoms with Crippen LogP contribution in [0, 0.1) is 13.8 Å². The van der Waals surface area contributed by atoms with Gasteiger partial charge in [-0.2, -0.15) is 0 Å². The van der Waals surface area contributed by atoms with Crippen molar-refractivity contribution in [3.63, 3.8) is 0 Å². The number of anilines is 1. The Morgan fingerprint density at radius 2 is 1.50 bits per heavy atom. The molecule has 0 aliphatic carbocycles. The number of sulfone groups is 1. The van der Waals surface area contributed by atoms with Crippen molar-refractivity contribution in [2.45, 2.75) is 57.0 Å². The molecule has 2 amide bonds. The molecule has 0 radical (unpaired) electrons. The maximum Gasteiger partial charge on any atom is 0.421 e. The molecular weight excluding hydrogens is 474 g/mol. The number of nitrogens with zero attached hydrogens (tertiary/aromatic N) is 1. The number of fused-ring (bicyclic) bond motifs is 1. The Morgan fingerprint density at radius 1 is 0.917 bits per heavy atom. The van der Waals surface area contributed by atoms with E-state index < -0.39 is 32.9 Å². The van der Waals surface area contributed by atoms with Crippen LogP contribution in [0.2, 0.25) is 0 Å². The van der Waals surface area contributed by atoms with Crippen molar-refractivity contribution in [3.05, 3.63) is 95.1 Å². The smallest absolute Gasteiger partial charge is 0.421 e. The Hall–Kier alpha value is -3.45. The lowest BCUT2D eigenvalue weighted by atomic mass is 9.72. The van der Waals surface area contributed by atoms with E-state index in [4.69, 9.17) is 4.74 Å². The standard InChI is InChI=1S/C29H31NO5S/c1-20-17-21(2)19-22(18-20)29(15-16-36(33,34)23-11-7-6-8-12-23)24-13-9-10-14-25(24)30(26(29)31)27(32)35-28(3,4)5/h6-14,17-19H,15-16H2,1-5H3/t29-/m1/s1. The highest BCUT2D eigenvalue weighted by atomic mass is 32.2. The minimum absolute atomic E-state index is 0.0255. The van der Waals surface area contributed by atoms with Crippen molar-refractivity contribution in [1.82, 2.24) is 0 Å². The largest absolute Gasteiger partial charge is 0.443 e. The molecule has 7 heteroatoms. The van der Waals surface area contributed by atoms with Crippen LogP contribution in [0.4, 0.5) is 10.5 Å². The fourth-order valence-electron chi connectivity index (χ4n) is 4.85. The molecule has 0 bridgehead atoms. The molecule has 0 aromatic heterocycles. The van der Waals surface area contributed by atoms with E-state index in [9.17, 15) is 18.0 Å². The molecule has 0 saturated heterocycles. The summed E-state index contributed by atoms with van der Waals surface area (Å²) in [6.07, 6.45) is -0.806. The zero-order valence-electron chi connectivity index (χ0n) is 21.2. The van der Waals surface area contributed by atoms with Gasteiger partial charge in [-0.1, -0.05) is 65.7 Å². The SMILES string of the molecule is Cc1cc(C)cc([C@@]2(CCS(=O)(=O)c3ccccc3)C(=O)N(C(=O)OC(C)(C)C)c3ccccc32)c1. The summed E-state index contributed by atoms with van der Waals surface area (Å²) >= 11 is 0. The van der Waals surface area contributed by atoms with Crippen molar-refractivity contribution in [3.8, 4) is 0 Å². The van der Waals surface area contributed by atoms with Crippen molar-refractivity contribution >= 4 is 27.5 Å². The van der Waals surface area contributed by atoms with Crippen LogP contribution >= 0.6 is 0 Å². The molecular formula is C29H31NO5S. The van der Waals surface area contributed by atoms with Crippen LogP contribution in [0.15, 0.2) is 77.7 Å². The van der Waals surface area contributed by atoms with Crippen LogP contribution in [-0.2, 0) is 24.8 Å². The number of hydrogen-bond acceptors (Lipinski definition) is 5. The molecule has 0 N–H and O–H groups in total. The Bertz CT molecular complexity index is 1400. The van der Waals surface area contributed by atoms with Crippen LogP contribution < -0.4 is 4.90 Å². The van der Waals surface area contributed by atoms with Gasteiger partial charge in [0.1, 0.15) is 11.0 Å². The second kappa shape index (κ2) is 9.21. The van der Waals surface area contributed by atoms with Crippen molar-refractivity contribution in [2.24, 2.45) is 0 Å². The molecule has 1 atom stereocenters. The number of amides is 2. The summed E-state index contributed by atoms with van der Waals surface area (Å²) in [5, 5.41) is 0. The van der Waals surface area contributed by atoms with Crippen LogP contribution in [0.1, 0.15) is 49.4 Å². The van der Waals surface area contributed by atoms with Gasteiger partial charge >= 0.3 is 6.09 Å².